The summed E-state index contributed by atoms with van der Waals surface area (Å²) in [5, 5.41) is 0. The van der Waals surface area contributed by atoms with E-state index in [4.69, 9.17) is 9.47 Å². The molecule has 0 spiro atoms. The highest BCUT2D eigenvalue weighted by molar-refractivity contribution is 6.04. The lowest BCUT2D eigenvalue weighted by molar-refractivity contribution is -0.172. The maximum atomic E-state index is 13.0. The van der Waals surface area contributed by atoms with Crippen LogP contribution in [0.3, 0.4) is 0 Å². The summed E-state index contributed by atoms with van der Waals surface area (Å²) in [6.45, 7) is 3.82. The lowest BCUT2D eigenvalue weighted by Gasteiger charge is -2.25. The van der Waals surface area contributed by atoms with Crippen molar-refractivity contribution in [2.75, 3.05) is 0 Å². The number of allylic oxidation sites excluding steroid dienone is 1. The van der Waals surface area contributed by atoms with Crippen LogP contribution in [0.1, 0.15) is 96.3 Å². The van der Waals surface area contributed by atoms with Gasteiger partial charge in [-0.25, -0.2) is 0 Å². The van der Waals surface area contributed by atoms with E-state index in [9.17, 15) is 9.59 Å². The molecule has 0 aromatic heterocycles. The van der Waals surface area contributed by atoms with Gasteiger partial charge in [-0.3, -0.25) is 9.59 Å². The van der Waals surface area contributed by atoms with Crippen molar-refractivity contribution in [1.29, 1.82) is 0 Å². The minimum Gasteiger partial charge on any atom is -0.462 e. The van der Waals surface area contributed by atoms with Gasteiger partial charge in [0.15, 0.2) is 5.41 Å². The molecule has 4 heteroatoms. The van der Waals surface area contributed by atoms with Gasteiger partial charge in [0.05, 0.1) is 0 Å². The molecule has 0 saturated heterocycles. The molecule has 0 N–H and O–H groups in total. The Kier molecular flexibility index (Phi) is 7.37. The molecule has 0 aliphatic heterocycles. The predicted molar refractivity (Wildman–Crippen MR) is 105 cm³/mol. The van der Waals surface area contributed by atoms with E-state index < -0.39 is 5.41 Å². The van der Waals surface area contributed by atoms with Crippen LogP contribution < -0.4 is 0 Å². The van der Waals surface area contributed by atoms with Crippen LogP contribution in [0.25, 0.3) is 0 Å². The summed E-state index contributed by atoms with van der Waals surface area (Å²) in [6, 6.07) is 0. The van der Waals surface area contributed by atoms with E-state index in [1.807, 2.05) is 0 Å². The summed E-state index contributed by atoms with van der Waals surface area (Å²) in [4.78, 5) is 26.0. The molecule has 4 nitrogen and oxygen atoms in total. The number of ether oxygens (including phenoxy) is 2. The standard InChI is InChI=1S/C23H36O4/c1-2-18-17-23(18,21(24)26-19-13-9-5-3-6-10-14-19)22(25)27-20-15-11-7-4-8-12-16-20/h2,18-20H,1,3-17H2. The Hall–Kier alpha value is -1.32. The van der Waals surface area contributed by atoms with Gasteiger partial charge in [0, 0.05) is 5.92 Å². The van der Waals surface area contributed by atoms with Gasteiger partial charge in [0.2, 0.25) is 0 Å². The molecule has 0 amide bonds. The van der Waals surface area contributed by atoms with Crippen LogP contribution in [-0.2, 0) is 19.1 Å². The van der Waals surface area contributed by atoms with E-state index in [-0.39, 0.29) is 30.1 Å². The maximum Gasteiger partial charge on any atom is 0.324 e. The van der Waals surface area contributed by atoms with E-state index in [0.29, 0.717) is 6.42 Å². The fourth-order valence-electron chi connectivity index (χ4n) is 4.71. The number of rotatable bonds is 5. The van der Waals surface area contributed by atoms with Crippen molar-refractivity contribution in [3.63, 3.8) is 0 Å². The molecule has 1 atom stereocenters. The lowest BCUT2D eigenvalue weighted by Crippen LogP contribution is -2.36. The van der Waals surface area contributed by atoms with E-state index in [1.54, 1.807) is 6.08 Å². The lowest BCUT2D eigenvalue weighted by atomic mass is 9.97. The normalized spacial score (nSPS) is 27.3. The molecule has 3 aliphatic carbocycles. The summed E-state index contributed by atoms with van der Waals surface area (Å²) in [7, 11) is 0. The van der Waals surface area contributed by atoms with Crippen molar-refractivity contribution in [2.24, 2.45) is 11.3 Å². The first-order valence-electron chi connectivity index (χ1n) is 11.2. The van der Waals surface area contributed by atoms with Crippen LogP contribution >= 0.6 is 0 Å². The van der Waals surface area contributed by atoms with E-state index >= 15 is 0 Å². The zero-order valence-corrected chi connectivity index (χ0v) is 16.8. The minimum atomic E-state index is -1.12. The van der Waals surface area contributed by atoms with E-state index in [2.05, 4.69) is 6.58 Å². The number of hydrogen-bond donors (Lipinski definition) is 0. The number of carbonyl (C=O) groups is 2. The second-order valence-corrected chi connectivity index (χ2v) is 8.76. The van der Waals surface area contributed by atoms with Gasteiger partial charge in [-0.05, 0) is 57.8 Å². The Labute approximate surface area is 164 Å². The molecule has 0 heterocycles. The Balaban J connectivity index is 1.60. The quantitative estimate of drug-likeness (QED) is 0.362. The molecule has 0 aromatic carbocycles. The van der Waals surface area contributed by atoms with E-state index in [0.717, 1.165) is 51.4 Å². The van der Waals surface area contributed by atoms with Gasteiger partial charge in [0.25, 0.3) is 0 Å². The summed E-state index contributed by atoms with van der Waals surface area (Å²) in [5.74, 6) is -0.873. The Morgan fingerprint density at radius 3 is 1.41 bits per heavy atom. The Bertz CT molecular complexity index is 474. The van der Waals surface area contributed by atoms with Crippen molar-refractivity contribution in [3.8, 4) is 0 Å². The van der Waals surface area contributed by atoms with Crippen molar-refractivity contribution in [3.05, 3.63) is 12.7 Å². The largest absolute Gasteiger partial charge is 0.462 e. The zero-order valence-electron chi connectivity index (χ0n) is 16.8. The molecule has 3 rings (SSSR count). The van der Waals surface area contributed by atoms with Crippen LogP contribution in [-0.4, -0.2) is 24.1 Å². The molecule has 3 fully saturated rings. The van der Waals surface area contributed by atoms with Crippen molar-refractivity contribution < 1.29 is 19.1 Å². The van der Waals surface area contributed by atoms with Crippen LogP contribution in [0.2, 0.25) is 0 Å². The topological polar surface area (TPSA) is 52.6 Å². The zero-order chi connectivity index (χ0) is 19.1. The second kappa shape index (κ2) is 9.75. The van der Waals surface area contributed by atoms with Crippen LogP contribution in [0, 0.1) is 11.3 Å². The van der Waals surface area contributed by atoms with Crippen molar-refractivity contribution in [2.45, 2.75) is 109 Å². The average molecular weight is 377 g/mol. The SMILES string of the molecule is C=CC1CC1(C(=O)OC1CCCCCCC1)C(=O)OC1CCCCCCC1. The van der Waals surface area contributed by atoms with Crippen molar-refractivity contribution >= 4 is 11.9 Å². The minimum absolute atomic E-state index is 0.0464. The molecule has 0 radical (unpaired) electrons. The Morgan fingerprint density at radius 1 is 0.704 bits per heavy atom. The maximum absolute atomic E-state index is 13.0. The number of carbonyl (C=O) groups excluding carboxylic acids is 2. The smallest absolute Gasteiger partial charge is 0.324 e. The van der Waals surface area contributed by atoms with Crippen LogP contribution in [0.4, 0.5) is 0 Å². The molecule has 1 unspecified atom stereocenters. The first-order chi connectivity index (χ1) is 13.2. The third-order valence-electron chi connectivity index (χ3n) is 6.68. The van der Waals surface area contributed by atoms with Crippen molar-refractivity contribution in [1.82, 2.24) is 0 Å². The summed E-state index contributed by atoms with van der Waals surface area (Å²) in [5.41, 5.74) is -1.12. The third kappa shape index (κ3) is 5.14. The molecule has 0 aromatic rings. The first kappa shape index (κ1) is 20.4. The molecule has 0 bridgehead atoms. The summed E-state index contributed by atoms with van der Waals surface area (Å²) in [6.07, 6.45) is 17.6. The number of hydrogen-bond acceptors (Lipinski definition) is 4. The highest BCUT2D eigenvalue weighted by atomic mass is 16.6. The van der Waals surface area contributed by atoms with Crippen LogP contribution in [0.5, 0.6) is 0 Å². The van der Waals surface area contributed by atoms with Gasteiger partial charge in [-0.15, -0.1) is 6.58 Å². The third-order valence-corrected chi connectivity index (χ3v) is 6.68. The van der Waals surface area contributed by atoms with E-state index in [1.165, 1.54) is 38.5 Å². The summed E-state index contributed by atoms with van der Waals surface area (Å²) < 4.78 is 11.7. The fourth-order valence-corrected chi connectivity index (χ4v) is 4.71. The first-order valence-corrected chi connectivity index (χ1v) is 11.2. The molecule has 3 saturated carbocycles. The van der Waals surface area contributed by atoms with Gasteiger partial charge in [-0.1, -0.05) is 44.6 Å². The van der Waals surface area contributed by atoms with Gasteiger partial charge >= 0.3 is 11.9 Å². The molecular weight excluding hydrogens is 340 g/mol. The molecular formula is C23H36O4. The average Bonchev–Trinajstić information content (AvgIpc) is 3.35. The molecule has 27 heavy (non-hydrogen) atoms. The van der Waals surface area contributed by atoms with Gasteiger partial charge < -0.3 is 9.47 Å². The molecule has 152 valence electrons. The number of esters is 2. The highest BCUT2D eigenvalue weighted by Gasteiger charge is 2.67. The summed E-state index contributed by atoms with van der Waals surface area (Å²) >= 11 is 0. The van der Waals surface area contributed by atoms with Gasteiger partial charge in [-0.2, -0.15) is 0 Å². The highest BCUT2D eigenvalue weighted by Crippen LogP contribution is 2.55. The predicted octanol–water partition coefficient (Wildman–Crippen LogP) is 5.49. The van der Waals surface area contributed by atoms with Gasteiger partial charge in [0.1, 0.15) is 12.2 Å². The van der Waals surface area contributed by atoms with Crippen LogP contribution in [0.15, 0.2) is 12.7 Å². The second-order valence-electron chi connectivity index (χ2n) is 8.76. The monoisotopic (exact) mass is 376 g/mol. The molecule has 3 aliphatic rings. The fraction of sp³-hybridized carbons (Fsp3) is 0.826. The Morgan fingerprint density at radius 2 is 1.07 bits per heavy atom.